The zero-order chi connectivity index (χ0) is 15.1. The molecular weight excluding hydrogens is 280 g/mol. The Morgan fingerprint density at radius 2 is 2.10 bits per heavy atom. The Kier molecular flexibility index (Phi) is 7.04. The lowest BCUT2D eigenvalue weighted by molar-refractivity contribution is 0.396. The van der Waals surface area contributed by atoms with Crippen LogP contribution in [-0.2, 0) is 13.0 Å². The number of aromatic nitrogens is 3. The second-order valence-electron chi connectivity index (χ2n) is 6.12. The molecule has 0 bridgehead atoms. The standard InChI is InChI=1S/C16H30N4S/c1-4-10-17-14(13(3)5-2)12-21-16-19-18-15-9-7-6-8-11-20(15)16/h13-14,17H,4-12H2,1-3H3. The quantitative estimate of drug-likeness (QED) is 0.746. The average Bonchev–Trinajstić information content (AvgIpc) is 2.73. The van der Waals surface area contributed by atoms with Crippen molar-refractivity contribution in [1.29, 1.82) is 0 Å². The number of rotatable bonds is 8. The molecule has 120 valence electrons. The minimum atomic E-state index is 0.568. The highest BCUT2D eigenvalue weighted by Crippen LogP contribution is 2.24. The van der Waals surface area contributed by atoms with Gasteiger partial charge in [-0.2, -0.15) is 0 Å². The van der Waals surface area contributed by atoms with E-state index in [4.69, 9.17) is 0 Å². The molecule has 0 saturated carbocycles. The molecule has 0 aliphatic carbocycles. The summed E-state index contributed by atoms with van der Waals surface area (Å²) in [6.07, 6.45) is 7.35. The third-order valence-corrected chi connectivity index (χ3v) is 5.54. The van der Waals surface area contributed by atoms with Crippen molar-refractivity contribution >= 4 is 11.8 Å². The highest BCUT2D eigenvalue weighted by Gasteiger charge is 2.19. The van der Waals surface area contributed by atoms with Gasteiger partial charge in [0, 0.05) is 24.8 Å². The summed E-state index contributed by atoms with van der Waals surface area (Å²) in [5, 5.41) is 13.6. The van der Waals surface area contributed by atoms with Crippen molar-refractivity contribution in [3.05, 3.63) is 5.82 Å². The molecule has 2 unspecified atom stereocenters. The van der Waals surface area contributed by atoms with E-state index in [0.717, 1.165) is 30.4 Å². The fourth-order valence-electron chi connectivity index (χ4n) is 2.77. The minimum absolute atomic E-state index is 0.568. The highest BCUT2D eigenvalue weighted by atomic mass is 32.2. The largest absolute Gasteiger partial charge is 0.313 e. The summed E-state index contributed by atoms with van der Waals surface area (Å²) < 4.78 is 2.35. The average molecular weight is 311 g/mol. The number of hydrogen-bond acceptors (Lipinski definition) is 4. The second kappa shape index (κ2) is 8.79. The summed E-state index contributed by atoms with van der Waals surface area (Å²) in [5.41, 5.74) is 0. The SMILES string of the molecule is CCCNC(CSc1nnc2n1CCCCC2)C(C)CC. The highest BCUT2D eigenvalue weighted by molar-refractivity contribution is 7.99. The van der Waals surface area contributed by atoms with Crippen LogP contribution in [0.15, 0.2) is 5.16 Å². The van der Waals surface area contributed by atoms with Crippen molar-refractivity contribution in [2.24, 2.45) is 5.92 Å². The Hall–Kier alpha value is -0.550. The van der Waals surface area contributed by atoms with Gasteiger partial charge in [-0.15, -0.1) is 10.2 Å². The van der Waals surface area contributed by atoms with E-state index >= 15 is 0 Å². The van der Waals surface area contributed by atoms with Gasteiger partial charge in [0.2, 0.25) is 0 Å². The topological polar surface area (TPSA) is 42.7 Å². The van der Waals surface area contributed by atoms with Gasteiger partial charge < -0.3 is 9.88 Å². The number of hydrogen-bond donors (Lipinski definition) is 1. The van der Waals surface area contributed by atoms with Gasteiger partial charge in [0.05, 0.1) is 0 Å². The van der Waals surface area contributed by atoms with Crippen molar-refractivity contribution in [3.8, 4) is 0 Å². The Balaban J connectivity index is 1.95. The molecule has 2 atom stereocenters. The first-order valence-electron chi connectivity index (χ1n) is 8.54. The molecule has 0 amide bonds. The number of thioether (sulfide) groups is 1. The van der Waals surface area contributed by atoms with Crippen LogP contribution < -0.4 is 5.32 Å². The molecule has 2 rings (SSSR count). The summed E-state index contributed by atoms with van der Waals surface area (Å²) in [6.45, 7) is 9.05. The van der Waals surface area contributed by atoms with Crippen LogP contribution in [0.5, 0.6) is 0 Å². The zero-order valence-electron chi connectivity index (χ0n) is 13.8. The lowest BCUT2D eigenvalue weighted by Gasteiger charge is -2.23. The van der Waals surface area contributed by atoms with Crippen LogP contribution in [0.25, 0.3) is 0 Å². The number of nitrogens with zero attached hydrogens (tertiary/aromatic N) is 3. The van der Waals surface area contributed by atoms with Gasteiger partial charge in [-0.05, 0) is 31.7 Å². The van der Waals surface area contributed by atoms with Gasteiger partial charge >= 0.3 is 0 Å². The molecule has 1 aromatic rings. The van der Waals surface area contributed by atoms with Gasteiger partial charge in [0.1, 0.15) is 5.82 Å². The monoisotopic (exact) mass is 310 g/mol. The van der Waals surface area contributed by atoms with Crippen LogP contribution in [0, 0.1) is 5.92 Å². The van der Waals surface area contributed by atoms with Gasteiger partial charge in [0.25, 0.3) is 0 Å². The van der Waals surface area contributed by atoms with Crippen LogP contribution in [0.1, 0.15) is 58.7 Å². The van der Waals surface area contributed by atoms with Crippen molar-refractivity contribution in [2.45, 2.75) is 77.0 Å². The molecule has 1 N–H and O–H groups in total. The normalized spacial score (nSPS) is 18.0. The first-order chi connectivity index (χ1) is 10.3. The van der Waals surface area contributed by atoms with Crippen LogP contribution in [-0.4, -0.2) is 33.1 Å². The summed E-state index contributed by atoms with van der Waals surface area (Å²) in [6, 6.07) is 0.568. The summed E-state index contributed by atoms with van der Waals surface area (Å²) in [5.74, 6) is 2.99. The van der Waals surface area contributed by atoms with Gasteiger partial charge in [-0.1, -0.05) is 45.4 Å². The fraction of sp³-hybridized carbons (Fsp3) is 0.875. The predicted octanol–water partition coefficient (Wildman–Crippen LogP) is 3.51. The lowest BCUT2D eigenvalue weighted by atomic mass is 10.0. The smallest absolute Gasteiger partial charge is 0.191 e. The molecular formula is C16H30N4S. The van der Waals surface area contributed by atoms with E-state index in [1.807, 2.05) is 11.8 Å². The summed E-state index contributed by atoms with van der Waals surface area (Å²) in [7, 11) is 0. The van der Waals surface area contributed by atoms with Crippen LogP contribution in [0.2, 0.25) is 0 Å². The van der Waals surface area contributed by atoms with E-state index in [0.29, 0.717) is 12.0 Å². The molecule has 1 aliphatic rings. The molecule has 4 nitrogen and oxygen atoms in total. The van der Waals surface area contributed by atoms with E-state index in [-0.39, 0.29) is 0 Å². The molecule has 1 aliphatic heterocycles. The third kappa shape index (κ3) is 4.71. The Bertz CT molecular complexity index is 418. The molecule has 0 fully saturated rings. The number of nitrogens with one attached hydrogen (secondary N) is 1. The van der Waals surface area contributed by atoms with E-state index < -0.39 is 0 Å². The Morgan fingerprint density at radius 1 is 1.24 bits per heavy atom. The Morgan fingerprint density at radius 3 is 2.86 bits per heavy atom. The third-order valence-electron chi connectivity index (χ3n) is 4.45. The second-order valence-corrected chi connectivity index (χ2v) is 7.11. The maximum atomic E-state index is 4.43. The van der Waals surface area contributed by atoms with E-state index in [1.54, 1.807) is 0 Å². The van der Waals surface area contributed by atoms with Gasteiger partial charge in [-0.3, -0.25) is 0 Å². The minimum Gasteiger partial charge on any atom is -0.313 e. The zero-order valence-corrected chi connectivity index (χ0v) is 14.6. The van der Waals surface area contributed by atoms with Crippen LogP contribution >= 0.6 is 11.8 Å². The molecule has 5 heteroatoms. The molecule has 0 spiro atoms. The van der Waals surface area contributed by atoms with Crippen molar-refractivity contribution in [2.75, 3.05) is 12.3 Å². The van der Waals surface area contributed by atoms with Crippen molar-refractivity contribution in [1.82, 2.24) is 20.1 Å². The van der Waals surface area contributed by atoms with Gasteiger partial charge in [0.15, 0.2) is 5.16 Å². The molecule has 0 radical (unpaired) electrons. The molecule has 21 heavy (non-hydrogen) atoms. The predicted molar refractivity (Wildman–Crippen MR) is 89.8 cm³/mol. The van der Waals surface area contributed by atoms with Gasteiger partial charge in [-0.25, -0.2) is 0 Å². The van der Waals surface area contributed by atoms with E-state index in [9.17, 15) is 0 Å². The van der Waals surface area contributed by atoms with Crippen LogP contribution in [0.3, 0.4) is 0 Å². The number of aryl methyl sites for hydroxylation is 1. The first-order valence-corrected chi connectivity index (χ1v) is 9.53. The van der Waals surface area contributed by atoms with Crippen molar-refractivity contribution in [3.63, 3.8) is 0 Å². The van der Waals surface area contributed by atoms with E-state index in [2.05, 4.69) is 40.9 Å². The Labute approximate surface area is 133 Å². The van der Waals surface area contributed by atoms with Crippen LogP contribution in [0.4, 0.5) is 0 Å². The molecule has 1 aromatic heterocycles. The fourth-order valence-corrected chi connectivity index (χ4v) is 3.99. The first kappa shape index (κ1) is 16.8. The maximum Gasteiger partial charge on any atom is 0.191 e. The maximum absolute atomic E-state index is 4.43. The molecule has 0 saturated heterocycles. The summed E-state index contributed by atoms with van der Waals surface area (Å²) >= 11 is 1.88. The van der Waals surface area contributed by atoms with Crippen molar-refractivity contribution < 1.29 is 0 Å². The number of fused-ring (bicyclic) bond motifs is 1. The molecule has 0 aromatic carbocycles. The molecule has 2 heterocycles. The summed E-state index contributed by atoms with van der Waals surface area (Å²) in [4.78, 5) is 0. The van der Waals surface area contributed by atoms with E-state index in [1.165, 1.54) is 37.9 Å². The lowest BCUT2D eigenvalue weighted by Crippen LogP contribution is -2.37.